The van der Waals surface area contributed by atoms with Gasteiger partial charge in [-0.25, -0.2) is 0 Å². The number of aliphatic hydroxyl groups is 8. The summed E-state index contributed by atoms with van der Waals surface area (Å²) in [6.45, 7) is 0.321. The van der Waals surface area contributed by atoms with E-state index in [4.69, 9.17) is 37.6 Å². The Hall–Kier alpha value is -3.87. The molecule has 2 aromatic carbocycles. The Morgan fingerprint density at radius 2 is 1.47 bits per heavy atom. The number of hydrogen-bond donors (Lipinski definition) is 11. The van der Waals surface area contributed by atoms with Crippen LogP contribution in [0, 0.1) is 0 Å². The predicted molar refractivity (Wildman–Crippen MR) is 172 cm³/mol. The van der Waals surface area contributed by atoms with Gasteiger partial charge in [-0.3, -0.25) is 4.79 Å². The average molecular weight is 757 g/mol. The van der Waals surface area contributed by atoms with Crippen LogP contribution in [0.4, 0.5) is 0 Å². The molecule has 3 aliphatic rings. The smallest absolute Gasteiger partial charge is 0.239 e. The predicted octanol–water partition coefficient (Wildman–Crippen LogP) is -2.92. The van der Waals surface area contributed by atoms with Crippen LogP contribution in [0.3, 0.4) is 0 Å². The van der Waals surface area contributed by atoms with Gasteiger partial charge in [-0.15, -0.1) is 0 Å². The van der Waals surface area contributed by atoms with Gasteiger partial charge in [0.2, 0.25) is 17.5 Å². The van der Waals surface area contributed by atoms with Crippen molar-refractivity contribution in [3.05, 3.63) is 40.6 Å². The molecule has 0 amide bonds. The minimum Gasteiger partial charge on any atom is -0.507 e. The van der Waals surface area contributed by atoms with Crippen LogP contribution in [-0.4, -0.2) is 163 Å². The van der Waals surface area contributed by atoms with Crippen LogP contribution in [0.1, 0.15) is 6.92 Å². The van der Waals surface area contributed by atoms with Crippen molar-refractivity contribution >= 4 is 11.0 Å². The number of benzene rings is 2. The number of ether oxygens (including phenoxy) is 7. The highest BCUT2D eigenvalue weighted by Gasteiger charge is 2.51. The van der Waals surface area contributed by atoms with Gasteiger partial charge >= 0.3 is 0 Å². The maximum absolute atomic E-state index is 13.4. The first kappa shape index (κ1) is 38.8. The minimum atomic E-state index is -1.92. The van der Waals surface area contributed by atoms with E-state index >= 15 is 0 Å². The fraction of sp³-hybridized carbons (Fsp3) is 0.545. The van der Waals surface area contributed by atoms with Gasteiger partial charge in [0, 0.05) is 17.7 Å². The zero-order valence-electron chi connectivity index (χ0n) is 28.0. The molecule has 14 atom stereocenters. The molecule has 14 unspecified atom stereocenters. The summed E-state index contributed by atoms with van der Waals surface area (Å²) in [5.74, 6) is -2.48. The van der Waals surface area contributed by atoms with Crippen LogP contribution in [-0.2, 0) is 23.7 Å². The van der Waals surface area contributed by atoms with Crippen molar-refractivity contribution in [2.24, 2.45) is 0 Å². The maximum Gasteiger partial charge on any atom is 0.239 e. The summed E-state index contributed by atoms with van der Waals surface area (Å²) in [5, 5.41) is 114. The third-order valence-electron chi connectivity index (χ3n) is 9.22. The van der Waals surface area contributed by atoms with E-state index in [9.17, 15) is 61.0 Å². The number of phenolic OH excluding ortho intramolecular Hbond substituents is 3. The highest BCUT2D eigenvalue weighted by molar-refractivity contribution is 5.88. The second-order valence-corrected chi connectivity index (χ2v) is 12.8. The van der Waals surface area contributed by atoms with Gasteiger partial charge in [-0.1, -0.05) is 0 Å². The lowest BCUT2D eigenvalue weighted by molar-refractivity contribution is -0.352. The van der Waals surface area contributed by atoms with E-state index in [1.54, 1.807) is 0 Å². The van der Waals surface area contributed by atoms with Crippen molar-refractivity contribution in [1.82, 2.24) is 0 Å². The fourth-order valence-corrected chi connectivity index (χ4v) is 6.18. The SMILES string of the molecule is COc1c(-c2ccc(O)c(O)c2)oc2cc(OC3OC(COC4OC(C)C(O)C(O)C4O)C(O)C(O)C3OC3OCC(O)C(O)C3O)cc(O)c2c1=O. The molecule has 3 aliphatic heterocycles. The first-order valence-corrected chi connectivity index (χ1v) is 16.3. The molecule has 53 heavy (non-hydrogen) atoms. The molecule has 4 heterocycles. The Labute approximate surface area is 298 Å². The molecule has 3 fully saturated rings. The molecule has 0 aliphatic carbocycles. The molecule has 20 heteroatoms. The molecule has 292 valence electrons. The molecule has 0 saturated carbocycles. The number of rotatable bonds is 9. The summed E-state index contributed by atoms with van der Waals surface area (Å²) in [7, 11) is 1.18. The number of aromatic hydroxyl groups is 3. The molecule has 3 aromatic rings. The highest BCUT2D eigenvalue weighted by Crippen LogP contribution is 2.39. The Bertz CT molecular complexity index is 1820. The van der Waals surface area contributed by atoms with Crippen molar-refractivity contribution in [3.63, 3.8) is 0 Å². The number of phenols is 3. The van der Waals surface area contributed by atoms with E-state index in [0.717, 1.165) is 24.3 Å². The van der Waals surface area contributed by atoms with E-state index in [1.165, 1.54) is 20.1 Å². The summed E-state index contributed by atoms with van der Waals surface area (Å²) in [6.07, 6.45) is -22.7. The number of fused-ring (bicyclic) bond motifs is 1. The maximum atomic E-state index is 13.4. The van der Waals surface area contributed by atoms with Crippen LogP contribution in [0.15, 0.2) is 39.5 Å². The van der Waals surface area contributed by atoms with Gasteiger partial charge in [0.25, 0.3) is 0 Å². The number of aliphatic hydroxyl groups excluding tert-OH is 8. The lowest BCUT2D eigenvalue weighted by atomic mass is 9.98. The van der Waals surface area contributed by atoms with Crippen molar-refractivity contribution in [3.8, 4) is 40.1 Å². The Morgan fingerprint density at radius 1 is 0.755 bits per heavy atom. The Morgan fingerprint density at radius 3 is 2.17 bits per heavy atom. The van der Waals surface area contributed by atoms with Crippen LogP contribution in [0.5, 0.6) is 28.7 Å². The van der Waals surface area contributed by atoms with Crippen molar-refractivity contribution < 1.29 is 93.7 Å². The second-order valence-electron chi connectivity index (χ2n) is 12.8. The minimum absolute atomic E-state index is 0.104. The lowest BCUT2D eigenvalue weighted by Crippen LogP contribution is -2.64. The lowest BCUT2D eigenvalue weighted by Gasteiger charge is -2.45. The topological polar surface area (TPSA) is 317 Å². The van der Waals surface area contributed by atoms with E-state index < -0.39 is 122 Å². The molecule has 0 spiro atoms. The monoisotopic (exact) mass is 756 g/mol. The van der Waals surface area contributed by atoms with Crippen molar-refractivity contribution in [2.75, 3.05) is 20.3 Å². The molecular formula is C33H40O20. The van der Waals surface area contributed by atoms with Gasteiger partial charge < -0.3 is 93.7 Å². The molecule has 1 aromatic heterocycles. The second kappa shape index (κ2) is 15.5. The number of hydrogen-bond acceptors (Lipinski definition) is 20. The van der Waals surface area contributed by atoms with Crippen LogP contribution < -0.4 is 14.9 Å². The van der Waals surface area contributed by atoms with Crippen LogP contribution in [0.2, 0.25) is 0 Å². The quantitative estimate of drug-likeness (QED) is 0.0974. The summed E-state index contributed by atoms with van der Waals surface area (Å²) in [6, 6.07) is 5.71. The van der Waals surface area contributed by atoms with Gasteiger partial charge in [0.15, 0.2) is 35.9 Å². The van der Waals surface area contributed by atoms with Crippen LogP contribution in [0.25, 0.3) is 22.3 Å². The third kappa shape index (κ3) is 7.47. The molecule has 0 radical (unpaired) electrons. The van der Waals surface area contributed by atoms with E-state index in [2.05, 4.69) is 0 Å². The summed E-state index contributed by atoms with van der Waals surface area (Å²) >= 11 is 0. The van der Waals surface area contributed by atoms with Gasteiger partial charge in [-0.2, -0.15) is 0 Å². The molecule has 20 nitrogen and oxygen atoms in total. The zero-order valence-corrected chi connectivity index (χ0v) is 28.0. The fourth-order valence-electron chi connectivity index (χ4n) is 6.18. The summed E-state index contributed by atoms with van der Waals surface area (Å²) < 4.78 is 45.0. The Kier molecular flexibility index (Phi) is 11.3. The Balaban J connectivity index is 1.33. The first-order chi connectivity index (χ1) is 25.1. The summed E-state index contributed by atoms with van der Waals surface area (Å²) in [5.41, 5.74) is -0.995. The first-order valence-electron chi connectivity index (χ1n) is 16.3. The molecular weight excluding hydrogens is 716 g/mol. The van der Waals surface area contributed by atoms with Gasteiger partial charge in [0.1, 0.15) is 77.4 Å². The van der Waals surface area contributed by atoms with E-state index in [-0.39, 0.29) is 33.8 Å². The van der Waals surface area contributed by atoms with Crippen molar-refractivity contribution in [1.29, 1.82) is 0 Å². The molecule has 0 bridgehead atoms. The molecule has 3 saturated heterocycles. The average Bonchev–Trinajstić information content (AvgIpc) is 3.12. The zero-order chi connectivity index (χ0) is 38.5. The van der Waals surface area contributed by atoms with E-state index in [0.29, 0.717) is 0 Å². The third-order valence-corrected chi connectivity index (χ3v) is 9.22. The normalized spacial score (nSPS) is 36.3. The van der Waals surface area contributed by atoms with Gasteiger partial charge in [0.05, 0.1) is 26.4 Å². The van der Waals surface area contributed by atoms with Gasteiger partial charge in [-0.05, 0) is 25.1 Å². The molecule has 6 rings (SSSR count). The highest BCUT2D eigenvalue weighted by atomic mass is 16.8. The van der Waals surface area contributed by atoms with E-state index in [1.807, 2.05) is 0 Å². The molecule has 11 N–H and O–H groups in total. The van der Waals surface area contributed by atoms with Crippen molar-refractivity contribution in [2.45, 2.75) is 92.9 Å². The number of methoxy groups -OCH3 is 1. The standard InChI is InChI=1S/C33H40O20/c1-10-20(38)24(42)27(45)31(49-10)48-9-18-22(40)25(43)30(53-32-26(44)21(39)16(37)8-47-32)33(52-18)50-12-6-15(36)19-17(7-12)51-28(29(46-2)23(19)41)11-3-4-13(34)14(35)5-11/h3-7,10,16,18,20-22,24-27,30-40,42-45H,8-9H2,1-2H3. The largest absolute Gasteiger partial charge is 0.507 e. The summed E-state index contributed by atoms with van der Waals surface area (Å²) in [4.78, 5) is 13.4. The van der Waals surface area contributed by atoms with Crippen LogP contribution >= 0.6 is 0 Å².